The van der Waals surface area contributed by atoms with Crippen LogP contribution in [0.25, 0.3) is 0 Å². The molecule has 1 N–H and O–H groups in total. The molecule has 80 valence electrons. The van der Waals surface area contributed by atoms with Crippen LogP contribution < -0.4 is 9.67 Å². The summed E-state index contributed by atoms with van der Waals surface area (Å²) in [5.74, 6) is 0.754. The van der Waals surface area contributed by atoms with E-state index < -0.39 is 0 Å². The molecule has 3 nitrogen and oxygen atoms in total. The molecule has 5 heteroatoms. The van der Waals surface area contributed by atoms with Crippen LogP contribution in [0.15, 0.2) is 36.7 Å². The molecule has 1 heterocycles. The summed E-state index contributed by atoms with van der Waals surface area (Å²) in [5.41, 5.74) is 1.20. The molecular weight excluding hydrogens is 285 g/mol. The first kappa shape index (κ1) is 11.4. The first-order chi connectivity index (χ1) is 7.77. The number of hydrogen-bond donors (Lipinski definition) is 1. The van der Waals surface area contributed by atoms with Crippen LogP contribution in [0.4, 0.5) is 5.82 Å². The number of benzene rings is 1. The Kier molecular flexibility index (Phi) is 3.81. The van der Waals surface area contributed by atoms with Crippen molar-refractivity contribution in [1.82, 2.24) is 9.97 Å². The quantitative estimate of drug-likeness (QED) is 0.689. The average molecular weight is 294 g/mol. The molecule has 0 bridgehead atoms. The van der Waals surface area contributed by atoms with Gasteiger partial charge < -0.3 is 0 Å². The van der Waals surface area contributed by atoms with Gasteiger partial charge in [-0.1, -0.05) is 0 Å². The topological polar surface area (TPSA) is 37.8 Å². The zero-order valence-electron chi connectivity index (χ0n) is 8.39. The van der Waals surface area contributed by atoms with Crippen molar-refractivity contribution >= 4 is 38.6 Å². The van der Waals surface area contributed by atoms with E-state index in [0.29, 0.717) is 5.15 Å². The van der Waals surface area contributed by atoms with E-state index >= 15 is 0 Å². The van der Waals surface area contributed by atoms with Crippen molar-refractivity contribution in [2.45, 2.75) is 6.54 Å². The number of halogens is 1. The van der Waals surface area contributed by atoms with Gasteiger partial charge in [-0.3, -0.25) is 0 Å². The molecule has 2 aromatic rings. The summed E-state index contributed by atoms with van der Waals surface area (Å²) in [4.78, 5) is 8.02. The van der Waals surface area contributed by atoms with E-state index in [0.717, 1.165) is 16.7 Å². The van der Waals surface area contributed by atoms with Crippen molar-refractivity contribution in [3.05, 3.63) is 47.4 Å². The van der Waals surface area contributed by atoms with E-state index in [4.69, 9.17) is 11.6 Å². The number of aromatic nitrogens is 2. The Hall–Kier alpha value is -1.05. The van der Waals surface area contributed by atoms with Crippen molar-refractivity contribution in [1.29, 1.82) is 0 Å². The third-order valence-electron chi connectivity index (χ3n) is 2.08. The second-order valence-electron chi connectivity index (χ2n) is 3.20. The zero-order chi connectivity index (χ0) is 11.4. The van der Waals surface area contributed by atoms with Gasteiger partial charge in [0.05, 0.1) is 0 Å². The van der Waals surface area contributed by atoms with Gasteiger partial charge in [0.25, 0.3) is 0 Å². The predicted molar refractivity (Wildman–Crippen MR) is 66.2 cm³/mol. The number of nitrogens with zero attached hydrogens (tertiary/aromatic N) is 2. The SMILES string of the molecule is Clc1ncnc(NCc2ccccc2)c1[As]. The standard InChI is InChI=1S/C11H9AsClN3/c12-9-10(13)15-7-16-11(9)14-6-8-4-2-1-3-5-8/h1-5,7H,6H2,(H,14,15,16). The van der Waals surface area contributed by atoms with Gasteiger partial charge in [-0.15, -0.1) is 0 Å². The molecule has 0 fully saturated rings. The molecular formula is C11H9AsClN3. The molecule has 0 amide bonds. The van der Waals surface area contributed by atoms with E-state index in [1.165, 1.54) is 11.9 Å². The Morgan fingerprint density at radius 3 is 2.69 bits per heavy atom. The molecule has 0 aliphatic carbocycles. The fourth-order valence-electron chi connectivity index (χ4n) is 1.27. The number of rotatable bonds is 3. The van der Waals surface area contributed by atoms with Crippen LogP contribution in [-0.4, -0.2) is 26.8 Å². The zero-order valence-corrected chi connectivity index (χ0v) is 11.0. The van der Waals surface area contributed by atoms with Gasteiger partial charge in [0, 0.05) is 0 Å². The summed E-state index contributed by atoms with van der Waals surface area (Å²) in [6, 6.07) is 10.1. The predicted octanol–water partition coefficient (Wildman–Crippen LogP) is 1.54. The summed E-state index contributed by atoms with van der Waals surface area (Å²) in [6.45, 7) is 0.721. The van der Waals surface area contributed by atoms with Crippen LogP contribution in [0.5, 0.6) is 0 Å². The van der Waals surface area contributed by atoms with Crippen LogP contribution >= 0.6 is 11.6 Å². The minimum absolute atomic E-state index is 0.463. The Balaban J connectivity index is 2.08. The van der Waals surface area contributed by atoms with Crippen LogP contribution in [-0.2, 0) is 6.54 Å². The molecule has 1 aromatic heterocycles. The summed E-state index contributed by atoms with van der Waals surface area (Å²) in [5, 5.41) is 3.68. The molecule has 0 unspecified atom stereocenters. The van der Waals surface area contributed by atoms with Gasteiger partial charge in [0.15, 0.2) is 0 Å². The van der Waals surface area contributed by atoms with Crippen molar-refractivity contribution in [3.63, 3.8) is 0 Å². The van der Waals surface area contributed by atoms with Crippen molar-refractivity contribution in [2.75, 3.05) is 5.32 Å². The Morgan fingerprint density at radius 2 is 1.94 bits per heavy atom. The molecule has 16 heavy (non-hydrogen) atoms. The van der Waals surface area contributed by atoms with E-state index in [1.807, 2.05) is 18.2 Å². The van der Waals surface area contributed by atoms with E-state index in [9.17, 15) is 0 Å². The summed E-state index contributed by atoms with van der Waals surface area (Å²) < 4.78 is 0.813. The Labute approximate surface area is 108 Å². The fourth-order valence-corrected chi connectivity index (χ4v) is 1.81. The Morgan fingerprint density at radius 1 is 1.19 bits per heavy atom. The monoisotopic (exact) mass is 293 g/mol. The van der Waals surface area contributed by atoms with Crippen molar-refractivity contribution in [2.24, 2.45) is 0 Å². The second-order valence-corrected chi connectivity index (χ2v) is 4.50. The summed E-state index contributed by atoms with van der Waals surface area (Å²) >= 11 is 8.27. The molecule has 0 spiro atoms. The van der Waals surface area contributed by atoms with Gasteiger partial charge in [-0.2, -0.15) is 0 Å². The third-order valence-corrected chi connectivity index (χ3v) is 3.54. The van der Waals surface area contributed by atoms with E-state index in [-0.39, 0.29) is 0 Å². The van der Waals surface area contributed by atoms with Gasteiger partial charge >= 0.3 is 108 Å². The molecule has 0 saturated heterocycles. The molecule has 2 radical (unpaired) electrons. The van der Waals surface area contributed by atoms with Gasteiger partial charge in [-0.05, 0) is 0 Å². The van der Waals surface area contributed by atoms with Crippen molar-refractivity contribution in [3.8, 4) is 0 Å². The van der Waals surface area contributed by atoms with E-state index in [1.54, 1.807) is 0 Å². The third kappa shape index (κ3) is 2.75. The summed E-state index contributed by atoms with van der Waals surface area (Å²) in [7, 11) is 0. The minimum atomic E-state index is 0.463. The second kappa shape index (κ2) is 5.33. The average Bonchev–Trinajstić information content (AvgIpc) is 2.32. The Bertz CT molecular complexity index is 476. The molecule has 1 aromatic carbocycles. The van der Waals surface area contributed by atoms with Crippen LogP contribution in [0.1, 0.15) is 5.56 Å². The van der Waals surface area contributed by atoms with Crippen LogP contribution in [0, 0.1) is 0 Å². The summed E-state index contributed by atoms with van der Waals surface area (Å²) in [6.07, 6.45) is 1.45. The maximum absolute atomic E-state index is 5.89. The molecule has 2 rings (SSSR count). The van der Waals surface area contributed by atoms with Crippen LogP contribution in [0.2, 0.25) is 5.15 Å². The fraction of sp³-hybridized carbons (Fsp3) is 0.0909. The normalized spacial score (nSPS) is 10.1. The molecule has 0 aliphatic heterocycles. The van der Waals surface area contributed by atoms with Crippen molar-refractivity contribution < 1.29 is 0 Å². The number of nitrogens with one attached hydrogen (secondary N) is 1. The first-order valence-corrected chi connectivity index (χ1v) is 6.06. The van der Waals surface area contributed by atoms with E-state index in [2.05, 4.69) is 44.3 Å². The van der Waals surface area contributed by atoms with Crippen LogP contribution in [0.3, 0.4) is 0 Å². The van der Waals surface area contributed by atoms with Gasteiger partial charge in [0.2, 0.25) is 0 Å². The number of anilines is 1. The van der Waals surface area contributed by atoms with Gasteiger partial charge in [0.1, 0.15) is 0 Å². The maximum atomic E-state index is 5.89. The molecule has 0 atom stereocenters. The molecule has 0 saturated carbocycles. The first-order valence-electron chi connectivity index (χ1n) is 4.74. The van der Waals surface area contributed by atoms with Gasteiger partial charge in [-0.25, -0.2) is 0 Å². The number of hydrogen-bond acceptors (Lipinski definition) is 3. The molecule has 0 aliphatic rings.